The first kappa shape index (κ1) is 23.1. The molecule has 0 atom stereocenters. The minimum Gasteiger partial charge on any atom is -0.456 e. The van der Waals surface area contributed by atoms with E-state index in [9.17, 15) is 27.6 Å². The molecule has 0 bridgehead atoms. The molecule has 0 aromatic carbocycles. The number of alkyl halides is 3. The van der Waals surface area contributed by atoms with Crippen molar-refractivity contribution in [2.24, 2.45) is 5.73 Å². The second-order valence-corrected chi connectivity index (χ2v) is 7.56. The lowest BCUT2D eigenvalue weighted by atomic mass is 10.1. The van der Waals surface area contributed by atoms with Gasteiger partial charge < -0.3 is 15.8 Å². The van der Waals surface area contributed by atoms with Gasteiger partial charge in [-0.05, 0) is 37.3 Å². The van der Waals surface area contributed by atoms with Crippen molar-refractivity contribution >= 4 is 39.9 Å². The summed E-state index contributed by atoms with van der Waals surface area (Å²) in [7, 11) is 0. The number of aromatic nitrogens is 4. The Balaban J connectivity index is 1.60. The largest absolute Gasteiger partial charge is 0.456 e. The van der Waals surface area contributed by atoms with Gasteiger partial charge in [0.25, 0.3) is 23.4 Å². The second-order valence-electron chi connectivity index (χ2n) is 6.64. The summed E-state index contributed by atoms with van der Waals surface area (Å²) in [6.45, 7) is 2.55. The predicted octanol–water partition coefficient (Wildman–Crippen LogP) is 2.03. The second kappa shape index (κ2) is 8.90. The van der Waals surface area contributed by atoms with Crippen LogP contribution in [0.1, 0.15) is 39.6 Å². The minimum atomic E-state index is -4.71. The number of primary amides is 1. The summed E-state index contributed by atoms with van der Waals surface area (Å²) in [5.41, 5.74) is 6.61. The van der Waals surface area contributed by atoms with Crippen molar-refractivity contribution in [1.29, 1.82) is 0 Å². The Morgan fingerprint density at radius 3 is 2.62 bits per heavy atom. The van der Waals surface area contributed by atoms with E-state index in [0.717, 1.165) is 15.9 Å². The number of fused-ring (bicyclic) bond motifs is 1. The Bertz CT molecular complexity index is 1200. The van der Waals surface area contributed by atoms with Crippen LogP contribution in [0.4, 0.5) is 18.2 Å². The number of aryl methyl sites for hydroxylation is 2. The van der Waals surface area contributed by atoms with Gasteiger partial charge in [0.2, 0.25) is 0 Å². The van der Waals surface area contributed by atoms with Gasteiger partial charge in [-0.2, -0.15) is 18.2 Å². The van der Waals surface area contributed by atoms with E-state index in [1.807, 2.05) is 0 Å². The number of nitrogens with two attached hydrogens (primary N) is 1. The van der Waals surface area contributed by atoms with Crippen LogP contribution in [0, 0.1) is 13.8 Å². The Kier molecular flexibility index (Phi) is 6.43. The van der Waals surface area contributed by atoms with E-state index < -0.39 is 36.4 Å². The van der Waals surface area contributed by atoms with Crippen molar-refractivity contribution in [3.05, 3.63) is 39.8 Å². The molecule has 0 radical (unpaired) electrons. The number of hydrogen-bond donors (Lipinski definition) is 2. The van der Waals surface area contributed by atoms with Crippen LogP contribution in [0.5, 0.6) is 0 Å². The Morgan fingerprint density at radius 1 is 1.25 bits per heavy atom. The number of amides is 2. The number of anilines is 1. The number of rotatable bonds is 7. The van der Waals surface area contributed by atoms with Crippen LogP contribution in [0.2, 0.25) is 0 Å². The average molecular weight is 470 g/mol. The zero-order chi connectivity index (χ0) is 23.6. The summed E-state index contributed by atoms with van der Waals surface area (Å²) in [5, 5.41) is 7.70. The summed E-state index contributed by atoms with van der Waals surface area (Å²) < 4.78 is 44.5. The first-order chi connectivity index (χ1) is 15.0. The third kappa shape index (κ3) is 5.01. The van der Waals surface area contributed by atoms with Crippen LogP contribution in [0.3, 0.4) is 0 Å². The first-order valence-electron chi connectivity index (χ1n) is 9.10. The van der Waals surface area contributed by atoms with Gasteiger partial charge in [-0.1, -0.05) is 0 Å². The lowest BCUT2D eigenvalue weighted by Crippen LogP contribution is -2.22. The molecule has 32 heavy (non-hydrogen) atoms. The molecule has 2 amide bonds. The lowest BCUT2D eigenvalue weighted by Gasteiger charge is -2.10. The third-order valence-corrected chi connectivity index (χ3v) is 5.26. The van der Waals surface area contributed by atoms with Crippen LogP contribution >= 0.6 is 11.3 Å². The highest BCUT2D eigenvalue weighted by atomic mass is 32.1. The number of esters is 1. The lowest BCUT2D eigenvalue weighted by molar-refractivity contribution is -0.147. The SMILES string of the molecule is Cc1nc2nc(C(F)(F)F)nn2c(C)c1CCC(=O)OCC(=O)Nc1sccc1C(N)=O. The molecule has 0 aliphatic rings. The fraction of sp³-hybridized carbons (Fsp3) is 0.333. The maximum Gasteiger partial charge on any atom is 0.453 e. The number of nitrogens with one attached hydrogen (secondary N) is 1. The highest BCUT2D eigenvalue weighted by Crippen LogP contribution is 2.27. The Labute approximate surface area is 182 Å². The van der Waals surface area contributed by atoms with Crippen LogP contribution in [0.15, 0.2) is 11.4 Å². The highest BCUT2D eigenvalue weighted by Gasteiger charge is 2.37. The highest BCUT2D eigenvalue weighted by molar-refractivity contribution is 7.14. The molecule has 3 heterocycles. The van der Waals surface area contributed by atoms with Crippen molar-refractivity contribution in [3.63, 3.8) is 0 Å². The van der Waals surface area contributed by atoms with Gasteiger partial charge >= 0.3 is 12.1 Å². The minimum absolute atomic E-state index is 0.110. The maximum atomic E-state index is 12.9. The van der Waals surface area contributed by atoms with Gasteiger partial charge in [-0.15, -0.1) is 16.4 Å². The summed E-state index contributed by atoms with van der Waals surface area (Å²) >= 11 is 1.09. The van der Waals surface area contributed by atoms with Gasteiger partial charge in [-0.3, -0.25) is 14.4 Å². The van der Waals surface area contributed by atoms with Gasteiger partial charge in [0.15, 0.2) is 6.61 Å². The number of carbonyl (C=O) groups is 3. The van der Waals surface area contributed by atoms with E-state index in [4.69, 9.17) is 10.5 Å². The van der Waals surface area contributed by atoms with Crippen molar-refractivity contribution in [1.82, 2.24) is 19.6 Å². The zero-order valence-electron chi connectivity index (χ0n) is 16.8. The van der Waals surface area contributed by atoms with Crippen LogP contribution in [-0.4, -0.2) is 44.0 Å². The van der Waals surface area contributed by atoms with Crippen molar-refractivity contribution in [3.8, 4) is 0 Å². The van der Waals surface area contributed by atoms with Gasteiger partial charge in [0.1, 0.15) is 5.00 Å². The van der Waals surface area contributed by atoms with Gasteiger partial charge in [0.05, 0.1) is 5.56 Å². The van der Waals surface area contributed by atoms with Crippen molar-refractivity contribution in [2.45, 2.75) is 32.9 Å². The number of nitrogens with zero attached hydrogens (tertiary/aromatic N) is 4. The molecule has 0 aliphatic carbocycles. The normalized spacial score (nSPS) is 11.5. The van der Waals surface area contributed by atoms with E-state index >= 15 is 0 Å². The maximum absolute atomic E-state index is 12.9. The fourth-order valence-electron chi connectivity index (χ4n) is 2.90. The molecule has 0 aliphatic heterocycles. The first-order valence-corrected chi connectivity index (χ1v) is 9.98. The molecule has 3 aromatic rings. The number of ether oxygens (including phenoxy) is 1. The quantitative estimate of drug-likeness (QED) is 0.503. The third-order valence-electron chi connectivity index (χ3n) is 4.43. The zero-order valence-corrected chi connectivity index (χ0v) is 17.6. The molecule has 0 saturated carbocycles. The number of thiophene rings is 1. The average Bonchev–Trinajstić information content (AvgIpc) is 3.33. The molecule has 14 heteroatoms. The molecule has 3 rings (SSSR count). The van der Waals surface area contributed by atoms with Gasteiger partial charge in [0, 0.05) is 17.8 Å². The number of halogens is 3. The Hall–Kier alpha value is -3.55. The summed E-state index contributed by atoms with van der Waals surface area (Å²) in [4.78, 5) is 42.7. The molecule has 0 fully saturated rings. The molecule has 10 nitrogen and oxygen atoms in total. The molecule has 0 unspecified atom stereocenters. The summed E-state index contributed by atoms with van der Waals surface area (Å²) in [5.74, 6) is -3.56. The monoisotopic (exact) mass is 470 g/mol. The predicted molar refractivity (Wildman–Crippen MR) is 106 cm³/mol. The fourth-order valence-corrected chi connectivity index (χ4v) is 3.71. The Morgan fingerprint density at radius 2 is 1.97 bits per heavy atom. The summed E-state index contributed by atoms with van der Waals surface area (Å²) in [6.07, 6.45) is -4.74. The van der Waals surface area contributed by atoms with Gasteiger partial charge in [-0.25, -0.2) is 9.50 Å². The van der Waals surface area contributed by atoms with E-state index in [2.05, 4.69) is 20.4 Å². The molecule has 0 spiro atoms. The van der Waals surface area contributed by atoms with E-state index in [1.165, 1.54) is 6.07 Å². The summed E-state index contributed by atoms with van der Waals surface area (Å²) in [6, 6.07) is 1.46. The molecular formula is C18H17F3N6O4S. The number of hydrogen-bond acceptors (Lipinski definition) is 8. The molecular weight excluding hydrogens is 453 g/mol. The van der Waals surface area contributed by atoms with E-state index in [0.29, 0.717) is 17.0 Å². The standard InChI is InChI=1S/C18H17F3N6O4S/c1-8-10(9(2)27-17(23-8)25-16(26-27)18(19,20)21)3-4-13(29)31-7-12(28)24-15-11(14(22)30)5-6-32-15/h5-6H,3-4,7H2,1-2H3,(H2,22,30)(H,24,28). The smallest absolute Gasteiger partial charge is 0.453 e. The van der Waals surface area contributed by atoms with Crippen LogP contribution in [0.25, 0.3) is 5.78 Å². The van der Waals surface area contributed by atoms with E-state index in [1.54, 1.807) is 19.2 Å². The molecule has 3 aromatic heterocycles. The van der Waals surface area contributed by atoms with Crippen LogP contribution < -0.4 is 11.1 Å². The molecule has 0 saturated heterocycles. The topological polar surface area (TPSA) is 142 Å². The molecule has 3 N–H and O–H groups in total. The molecule has 170 valence electrons. The number of carbonyl (C=O) groups excluding carboxylic acids is 3. The van der Waals surface area contributed by atoms with Crippen molar-refractivity contribution < 1.29 is 32.3 Å². The van der Waals surface area contributed by atoms with Crippen LogP contribution in [-0.2, 0) is 26.9 Å². The van der Waals surface area contributed by atoms with Crippen molar-refractivity contribution in [2.75, 3.05) is 11.9 Å². The van der Waals surface area contributed by atoms with E-state index in [-0.39, 0.29) is 29.2 Å².